The lowest BCUT2D eigenvalue weighted by molar-refractivity contribution is 0.00672. The number of nitrogens with zero attached hydrogens (tertiary/aromatic N) is 1. The minimum atomic E-state index is -0.576. The SMILES string of the molecule is CC(C)(C)OC(=O)c1ccc(Br)cc1Oc1cnc2[nH]ccc2c1. The Morgan fingerprint density at radius 1 is 1.21 bits per heavy atom. The van der Waals surface area contributed by atoms with Crippen molar-refractivity contribution in [1.82, 2.24) is 9.97 Å². The van der Waals surface area contributed by atoms with E-state index in [1.54, 1.807) is 24.4 Å². The Kier molecular flexibility index (Phi) is 4.32. The first-order chi connectivity index (χ1) is 11.3. The summed E-state index contributed by atoms with van der Waals surface area (Å²) in [7, 11) is 0. The topological polar surface area (TPSA) is 64.2 Å². The van der Waals surface area contributed by atoms with Gasteiger partial charge in [0.2, 0.25) is 0 Å². The molecule has 1 N–H and O–H groups in total. The van der Waals surface area contributed by atoms with Gasteiger partial charge in [-0.2, -0.15) is 0 Å². The lowest BCUT2D eigenvalue weighted by Crippen LogP contribution is -2.24. The van der Waals surface area contributed by atoms with Gasteiger partial charge in [0, 0.05) is 16.1 Å². The van der Waals surface area contributed by atoms with Crippen molar-refractivity contribution in [2.75, 3.05) is 0 Å². The lowest BCUT2D eigenvalue weighted by atomic mass is 10.1. The largest absolute Gasteiger partial charge is 0.456 e. The van der Waals surface area contributed by atoms with Crippen LogP contribution in [0.3, 0.4) is 0 Å². The average molecular weight is 389 g/mol. The van der Waals surface area contributed by atoms with E-state index in [0.29, 0.717) is 17.1 Å². The van der Waals surface area contributed by atoms with E-state index in [2.05, 4.69) is 25.9 Å². The molecule has 0 fully saturated rings. The Balaban J connectivity index is 1.94. The van der Waals surface area contributed by atoms with Gasteiger partial charge in [-0.25, -0.2) is 9.78 Å². The molecule has 0 spiro atoms. The first kappa shape index (κ1) is 16.5. The van der Waals surface area contributed by atoms with Gasteiger partial charge in [-0.3, -0.25) is 0 Å². The summed E-state index contributed by atoms with van der Waals surface area (Å²) in [5.74, 6) is 0.529. The Morgan fingerprint density at radius 2 is 2.00 bits per heavy atom. The zero-order chi connectivity index (χ0) is 17.3. The number of carbonyl (C=O) groups is 1. The fourth-order valence-corrected chi connectivity index (χ4v) is 2.52. The monoisotopic (exact) mass is 388 g/mol. The summed E-state index contributed by atoms with van der Waals surface area (Å²) in [6.45, 7) is 5.48. The predicted molar refractivity (Wildman–Crippen MR) is 95.5 cm³/mol. The number of pyridine rings is 1. The molecular weight excluding hydrogens is 372 g/mol. The average Bonchev–Trinajstić information content (AvgIpc) is 2.93. The molecule has 0 aliphatic rings. The molecule has 3 rings (SSSR count). The van der Waals surface area contributed by atoms with Gasteiger partial charge in [-0.1, -0.05) is 15.9 Å². The van der Waals surface area contributed by atoms with Crippen LogP contribution in [0.4, 0.5) is 0 Å². The number of halogens is 1. The maximum Gasteiger partial charge on any atom is 0.342 e. The second-order valence-electron chi connectivity index (χ2n) is 6.33. The quantitative estimate of drug-likeness (QED) is 0.635. The minimum absolute atomic E-state index is 0.363. The lowest BCUT2D eigenvalue weighted by Gasteiger charge is -2.20. The summed E-state index contributed by atoms with van der Waals surface area (Å²) >= 11 is 3.40. The van der Waals surface area contributed by atoms with Crippen molar-refractivity contribution in [2.45, 2.75) is 26.4 Å². The van der Waals surface area contributed by atoms with Crippen LogP contribution in [0, 0.1) is 0 Å². The molecule has 0 saturated heterocycles. The maximum atomic E-state index is 12.4. The summed E-state index contributed by atoms with van der Waals surface area (Å²) in [6, 6.07) is 8.96. The standard InChI is InChI=1S/C18H17BrN2O3/c1-18(2,3)24-17(22)14-5-4-12(19)9-15(14)23-13-8-11-6-7-20-16(11)21-10-13/h4-10H,1-3H3,(H,20,21). The molecule has 0 amide bonds. The van der Waals surface area contributed by atoms with Crippen molar-refractivity contribution >= 4 is 32.9 Å². The molecule has 0 atom stereocenters. The van der Waals surface area contributed by atoms with Gasteiger partial charge in [0.1, 0.15) is 28.3 Å². The Morgan fingerprint density at radius 3 is 2.75 bits per heavy atom. The highest BCUT2D eigenvalue weighted by Gasteiger charge is 2.21. The molecule has 6 heteroatoms. The van der Waals surface area contributed by atoms with E-state index in [9.17, 15) is 4.79 Å². The molecule has 124 valence electrons. The summed E-state index contributed by atoms with van der Waals surface area (Å²) in [5.41, 5.74) is 0.568. The van der Waals surface area contributed by atoms with Crippen LogP contribution in [0.1, 0.15) is 31.1 Å². The molecule has 3 aromatic rings. The van der Waals surface area contributed by atoms with Crippen molar-refractivity contribution < 1.29 is 14.3 Å². The van der Waals surface area contributed by atoms with Gasteiger partial charge >= 0.3 is 5.97 Å². The molecule has 5 nitrogen and oxygen atoms in total. The van der Waals surface area contributed by atoms with Crippen molar-refractivity contribution in [1.29, 1.82) is 0 Å². The number of esters is 1. The van der Waals surface area contributed by atoms with Crippen LogP contribution < -0.4 is 4.74 Å². The third-order valence-electron chi connectivity index (χ3n) is 3.17. The number of carbonyl (C=O) groups excluding carboxylic acids is 1. The summed E-state index contributed by atoms with van der Waals surface area (Å²) in [4.78, 5) is 19.7. The molecule has 0 aliphatic heterocycles. The molecule has 0 unspecified atom stereocenters. The third kappa shape index (κ3) is 3.76. The van der Waals surface area contributed by atoms with Crippen molar-refractivity contribution in [3.05, 3.63) is 52.8 Å². The van der Waals surface area contributed by atoms with E-state index >= 15 is 0 Å². The van der Waals surface area contributed by atoms with E-state index in [0.717, 1.165) is 15.5 Å². The Bertz CT molecular complexity index is 897. The van der Waals surface area contributed by atoms with E-state index < -0.39 is 11.6 Å². The highest BCUT2D eigenvalue weighted by Crippen LogP contribution is 2.31. The number of rotatable bonds is 3. The molecule has 2 aromatic heterocycles. The summed E-state index contributed by atoms with van der Waals surface area (Å²) in [5, 5.41) is 0.932. The van der Waals surface area contributed by atoms with Gasteiger partial charge in [-0.15, -0.1) is 0 Å². The molecular formula is C18H17BrN2O3. The fraction of sp³-hybridized carbons (Fsp3) is 0.222. The number of ether oxygens (including phenoxy) is 2. The number of benzene rings is 1. The molecule has 0 radical (unpaired) electrons. The molecule has 0 aliphatic carbocycles. The van der Waals surface area contributed by atoms with Crippen molar-refractivity contribution in [2.24, 2.45) is 0 Å². The Labute approximate surface area is 148 Å². The molecule has 2 heterocycles. The minimum Gasteiger partial charge on any atom is -0.456 e. The molecule has 1 aromatic carbocycles. The summed E-state index contributed by atoms with van der Waals surface area (Å²) in [6.07, 6.45) is 3.42. The van der Waals surface area contributed by atoms with Gasteiger partial charge in [0.15, 0.2) is 0 Å². The molecule has 24 heavy (non-hydrogen) atoms. The van der Waals surface area contributed by atoms with E-state index in [1.165, 1.54) is 0 Å². The van der Waals surface area contributed by atoms with Crippen LogP contribution in [0.15, 0.2) is 47.2 Å². The van der Waals surface area contributed by atoms with Crippen LogP contribution >= 0.6 is 15.9 Å². The van der Waals surface area contributed by atoms with E-state index in [-0.39, 0.29) is 0 Å². The number of nitrogens with one attached hydrogen (secondary N) is 1. The normalized spacial score (nSPS) is 11.5. The number of hydrogen-bond donors (Lipinski definition) is 1. The van der Waals surface area contributed by atoms with E-state index in [4.69, 9.17) is 9.47 Å². The van der Waals surface area contributed by atoms with Crippen LogP contribution in [0.2, 0.25) is 0 Å². The van der Waals surface area contributed by atoms with Gasteiger partial charge in [-0.05, 0) is 51.1 Å². The second kappa shape index (κ2) is 6.28. The fourth-order valence-electron chi connectivity index (χ4n) is 2.18. The van der Waals surface area contributed by atoms with Crippen molar-refractivity contribution in [3.63, 3.8) is 0 Å². The third-order valence-corrected chi connectivity index (χ3v) is 3.66. The number of H-pyrrole nitrogens is 1. The van der Waals surface area contributed by atoms with Gasteiger partial charge in [0.25, 0.3) is 0 Å². The highest BCUT2D eigenvalue weighted by atomic mass is 79.9. The first-order valence-corrected chi connectivity index (χ1v) is 8.25. The van der Waals surface area contributed by atoms with Crippen molar-refractivity contribution in [3.8, 4) is 11.5 Å². The zero-order valence-electron chi connectivity index (χ0n) is 13.6. The number of aromatic nitrogens is 2. The van der Waals surface area contributed by atoms with Crippen LogP contribution in [0.25, 0.3) is 11.0 Å². The number of fused-ring (bicyclic) bond motifs is 1. The molecule has 0 saturated carbocycles. The number of aromatic amines is 1. The smallest absolute Gasteiger partial charge is 0.342 e. The van der Waals surface area contributed by atoms with Gasteiger partial charge in [0.05, 0.1) is 6.20 Å². The first-order valence-electron chi connectivity index (χ1n) is 7.46. The van der Waals surface area contributed by atoms with Gasteiger partial charge < -0.3 is 14.5 Å². The molecule has 0 bridgehead atoms. The van der Waals surface area contributed by atoms with Crippen LogP contribution in [-0.2, 0) is 4.74 Å². The Hall–Kier alpha value is -2.34. The zero-order valence-corrected chi connectivity index (χ0v) is 15.2. The summed E-state index contributed by atoms with van der Waals surface area (Å²) < 4.78 is 12.1. The number of hydrogen-bond acceptors (Lipinski definition) is 4. The van der Waals surface area contributed by atoms with Crippen LogP contribution in [0.5, 0.6) is 11.5 Å². The highest BCUT2D eigenvalue weighted by molar-refractivity contribution is 9.10. The second-order valence-corrected chi connectivity index (χ2v) is 7.25. The van der Waals surface area contributed by atoms with E-state index in [1.807, 2.05) is 39.1 Å². The van der Waals surface area contributed by atoms with Crippen LogP contribution in [-0.4, -0.2) is 21.5 Å². The predicted octanol–water partition coefficient (Wildman–Crippen LogP) is 5.07. The maximum absolute atomic E-state index is 12.4.